The van der Waals surface area contributed by atoms with E-state index in [0.29, 0.717) is 5.75 Å². The Morgan fingerprint density at radius 1 is 1.44 bits per heavy atom. The van der Waals surface area contributed by atoms with E-state index in [1.807, 2.05) is 12.1 Å². The highest BCUT2D eigenvalue weighted by molar-refractivity contribution is 5.20. The van der Waals surface area contributed by atoms with Crippen LogP contribution in [0.5, 0.6) is 5.75 Å². The molecule has 0 saturated carbocycles. The van der Waals surface area contributed by atoms with E-state index >= 15 is 0 Å². The van der Waals surface area contributed by atoms with Gasteiger partial charge in [-0.05, 0) is 32.9 Å². The van der Waals surface area contributed by atoms with Gasteiger partial charge in [0.05, 0.1) is 11.9 Å². The largest absolute Gasteiger partial charge is 0.479 e. The number of hydrogen-bond donors (Lipinski definition) is 1. The first-order valence-electron chi connectivity index (χ1n) is 5.27. The van der Waals surface area contributed by atoms with E-state index in [0.717, 1.165) is 12.2 Å². The zero-order valence-corrected chi connectivity index (χ0v) is 10.1. The Morgan fingerprint density at radius 2 is 2.19 bits per heavy atom. The van der Waals surface area contributed by atoms with E-state index in [1.165, 1.54) is 0 Å². The molecule has 0 amide bonds. The maximum absolute atomic E-state index is 5.24. The van der Waals surface area contributed by atoms with Gasteiger partial charge in [-0.3, -0.25) is 4.98 Å². The van der Waals surface area contributed by atoms with Crippen LogP contribution in [-0.4, -0.2) is 17.1 Å². The molecule has 0 saturated heterocycles. The van der Waals surface area contributed by atoms with Crippen LogP contribution in [0.15, 0.2) is 18.3 Å². The molecule has 3 heteroatoms. The van der Waals surface area contributed by atoms with E-state index in [4.69, 9.17) is 11.2 Å². The van der Waals surface area contributed by atoms with E-state index < -0.39 is 0 Å². The molecule has 0 atom stereocenters. The molecule has 0 unspecified atom stereocenters. The lowest BCUT2D eigenvalue weighted by Gasteiger charge is -2.20. The topological polar surface area (TPSA) is 34.1 Å². The molecule has 0 aromatic carbocycles. The van der Waals surface area contributed by atoms with E-state index in [2.05, 4.69) is 37.0 Å². The molecule has 0 aliphatic carbocycles. The molecule has 1 heterocycles. The van der Waals surface area contributed by atoms with Gasteiger partial charge in [0.15, 0.2) is 0 Å². The lowest BCUT2D eigenvalue weighted by molar-refractivity contribution is 0.368. The van der Waals surface area contributed by atoms with Crippen LogP contribution in [0.4, 0.5) is 0 Å². The molecule has 0 fully saturated rings. The Morgan fingerprint density at radius 3 is 2.69 bits per heavy atom. The third-order valence-corrected chi connectivity index (χ3v) is 1.92. The summed E-state index contributed by atoms with van der Waals surface area (Å²) in [7, 11) is 0. The third kappa shape index (κ3) is 4.81. The van der Waals surface area contributed by atoms with E-state index in [1.54, 1.807) is 6.20 Å². The van der Waals surface area contributed by atoms with Crippen molar-refractivity contribution in [1.82, 2.24) is 10.3 Å². The molecule has 0 radical (unpaired) electrons. The number of pyridine rings is 1. The highest BCUT2D eigenvalue weighted by Gasteiger charge is 2.08. The van der Waals surface area contributed by atoms with Crippen molar-refractivity contribution in [2.24, 2.45) is 0 Å². The number of aromatic nitrogens is 1. The molecule has 1 rings (SSSR count). The summed E-state index contributed by atoms with van der Waals surface area (Å²) in [4.78, 5) is 4.28. The summed E-state index contributed by atoms with van der Waals surface area (Å²) in [5, 5.41) is 3.37. The van der Waals surface area contributed by atoms with Crippen LogP contribution in [0, 0.1) is 12.3 Å². The Kier molecular flexibility index (Phi) is 4.33. The summed E-state index contributed by atoms with van der Waals surface area (Å²) < 4.78 is 5.24. The SMILES string of the molecule is C#CCOc1ccc(CNC(C)(C)C)nc1. The molecule has 0 spiro atoms. The molecule has 1 N–H and O–H groups in total. The maximum atomic E-state index is 5.24. The fourth-order valence-corrected chi connectivity index (χ4v) is 1.08. The zero-order chi connectivity index (χ0) is 12.0. The molecule has 3 nitrogen and oxygen atoms in total. The van der Waals surface area contributed by atoms with Crippen molar-refractivity contribution < 1.29 is 4.74 Å². The van der Waals surface area contributed by atoms with E-state index in [9.17, 15) is 0 Å². The Bertz CT molecular complexity index is 357. The third-order valence-electron chi connectivity index (χ3n) is 1.92. The standard InChI is InChI=1S/C13H18N2O/c1-5-8-16-12-7-6-11(14-10-12)9-15-13(2,3)4/h1,6-7,10,15H,8-9H2,2-4H3. The quantitative estimate of drug-likeness (QED) is 0.785. The molecular weight excluding hydrogens is 200 g/mol. The molecule has 86 valence electrons. The summed E-state index contributed by atoms with van der Waals surface area (Å²) in [6.07, 6.45) is 6.79. The van der Waals surface area contributed by atoms with Crippen LogP contribution in [0.3, 0.4) is 0 Å². The van der Waals surface area contributed by atoms with Crippen molar-refractivity contribution >= 4 is 0 Å². The van der Waals surface area contributed by atoms with Gasteiger partial charge >= 0.3 is 0 Å². The summed E-state index contributed by atoms with van der Waals surface area (Å²) in [6.45, 7) is 7.40. The van der Waals surface area contributed by atoms with Gasteiger partial charge in [-0.1, -0.05) is 5.92 Å². The molecule has 0 aliphatic rings. The second kappa shape index (κ2) is 5.53. The average Bonchev–Trinajstić information content (AvgIpc) is 2.24. The van der Waals surface area contributed by atoms with Crippen molar-refractivity contribution in [3.05, 3.63) is 24.0 Å². The number of nitrogens with zero attached hydrogens (tertiary/aromatic N) is 1. The zero-order valence-electron chi connectivity index (χ0n) is 10.1. The highest BCUT2D eigenvalue weighted by Crippen LogP contribution is 2.09. The Hall–Kier alpha value is -1.53. The number of nitrogens with one attached hydrogen (secondary N) is 1. The number of rotatable bonds is 4. The minimum Gasteiger partial charge on any atom is -0.479 e. The van der Waals surface area contributed by atoms with Crippen LogP contribution in [-0.2, 0) is 6.54 Å². The first kappa shape index (κ1) is 12.5. The van der Waals surface area contributed by atoms with Crippen molar-refractivity contribution in [1.29, 1.82) is 0 Å². The Balaban J connectivity index is 2.49. The average molecular weight is 218 g/mol. The summed E-state index contributed by atoms with van der Waals surface area (Å²) in [5.74, 6) is 3.12. The van der Waals surface area contributed by atoms with E-state index in [-0.39, 0.29) is 12.1 Å². The van der Waals surface area contributed by atoms with Gasteiger partial charge < -0.3 is 10.1 Å². The lowest BCUT2D eigenvalue weighted by Crippen LogP contribution is -2.35. The molecule has 1 aromatic heterocycles. The minimum absolute atomic E-state index is 0.0975. The van der Waals surface area contributed by atoms with Crippen LogP contribution < -0.4 is 10.1 Å². The Labute approximate surface area is 97.2 Å². The predicted molar refractivity (Wildman–Crippen MR) is 65.2 cm³/mol. The van der Waals surface area contributed by atoms with Crippen LogP contribution in [0.25, 0.3) is 0 Å². The number of terminal acetylenes is 1. The van der Waals surface area contributed by atoms with Gasteiger partial charge in [-0.25, -0.2) is 0 Å². The second-order valence-electron chi connectivity index (χ2n) is 4.58. The normalized spacial score (nSPS) is 10.9. The molecule has 16 heavy (non-hydrogen) atoms. The van der Waals surface area contributed by atoms with Crippen molar-refractivity contribution in [3.8, 4) is 18.1 Å². The van der Waals surface area contributed by atoms with Crippen molar-refractivity contribution in [3.63, 3.8) is 0 Å². The second-order valence-corrected chi connectivity index (χ2v) is 4.58. The fraction of sp³-hybridized carbons (Fsp3) is 0.462. The van der Waals surface area contributed by atoms with Gasteiger partial charge in [-0.15, -0.1) is 6.42 Å². The first-order valence-corrected chi connectivity index (χ1v) is 5.27. The first-order chi connectivity index (χ1) is 7.51. The minimum atomic E-state index is 0.0975. The van der Waals surface area contributed by atoms with Crippen LogP contribution >= 0.6 is 0 Å². The van der Waals surface area contributed by atoms with Gasteiger partial charge in [-0.2, -0.15) is 0 Å². The summed E-state index contributed by atoms with van der Waals surface area (Å²) in [6, 6.07) is 3.81. The molecular formula is C13H18N2O. The van der Waals surface area contributed by atoms with Gasteiger partial charge in [0.1, 0.15) is 12.4 Å². The van der Waals surface area contributed by atoms with Crippen LogP contribution in [0.1, 0.15) is 26.5 Å². The van der Waals surface area contributed by atoms with Gasteiger partial charge in [0.25, 0.3) is 0 Å². The van der Waals surface area contributed by atoms with Gasteiger partial charge in [0.2, 0.25) is 0 Å². The van der Waals surface area contributed by atoms with Crippen LogP contribution in [0.2, 0.25) is 0 Å². The monoisotopic (exact) mass is 218 g/mol. The molecule has 0 bridgehead atoms. The summed E-state index contributed by atoms with van der Waals surface area (Å²) >= 11 is 0. The fourth-order valence-electron chi connectivity index (χ4n) is 1.08. The molecule has 0 aliphatic heterocycles. The smallest absolute Gasteiger partial charge is 0.148 e. The highest BCUT2D eigenvalue weighted by atomic mass is 16.5. The van der Waals surface area contributed by atoms with Crippen molar-refractivity contribution in [2.45, 2.75) is 32.9 Å². The summed E-state index contributed by atoms with van der Waals surface area (Å²) in [5.41, 5.74) is 1.09. The number of ether oxygens (including phenoxy) is 1. The number of hydrogen-bond acceptors (Lipinski definition) is 3. The van der Waals surface area contributed by atoms with Crippen molar-refractivity contribution in [2.75, 3.05) is 6.61 Å². The maximum Gasteiger partial charge on any atom is 0.148 e. The lowest BCUT2D eigenvalue weighted by atomic mass is 10.1. The molecule has 1 aromatic rings. The predicted octanol–water partition coefficient (Wildman–Crippen LogP) is 1.98. The van der Waals surface area contributed by atoms with Gasteiger partial charge in [0, 0.05) is 12.1 Å².